The van der Waals surface area contributed by atoms with Crippen molar-refractivity contribution in [2.45, 2.75) is 20.2 Å². The van der Waals surface area contributed by atoms with Crippen LogP contribution >= 0.6 is 23.2 Å². The van der Waals surface area contributed by atoms with E-state index in [1.54, 1.807) is 48.8 Å². The van der Waals surface area contributed by atoms with Gasteiger partial charge in [0.25, 0.3) is 5.91 Å². The summed E-state index contributed by atoms with van der Waals surface area (Å²) in [5, 5.41) is 12.1. The first-order chi connectivity index (χ1) is 15.4. The van der Waals surface area contributed by atoms with Gasteiger partial charge in [0.2, 0.25) is 0 Å². The zero-order chi connectivity index (χ0) is 22.7. The lowest BCUT2D eigenvalue weighted by Gasteiger charge is -2.09. The highest BCUT2D eigenvalue weighted by Crippen LogP contribution is 2.22. The molecule has 0 fully saturated rings. The second kappa shape index (κ2) is 9.42. The van der Waals surface area contributed by atoms with E-state index in [0.717, 1.165) is 5.56 Å². The molecule has 4 aromatic rings. The molecule has 0 aliphatic carbocycles. The second-order valence-electron chi connectivity index (χ2n) is 6.98. The summed E-state index contributed by atoms with van der Waals surface area (Å²) in [5.41, 5.74) is 1.42. The van der Waals surface area contributed by atoms with Crippen LogP contribution in [0.1, 0.15) is 21.6 Å². The third-order valence-electron chi connectivity index (χ3n) is 4.63. The molecule has 2 aromatic carbocycles. The van der Waals surface area contributed by atoms with Crippen molar-refractivity contribution in [3.05, 3.63) is 93.6 Å². The molecule has 164 valence electrons. The molecule has 0 saturated heterocycles. The van der Waals surface area contributed by atoms with Crippen LogP contribution in [0.3, 0.4) is 0 Å². The summed E-state index contributed by atoms with van der Waals surface area (Å²) in [6.07, 6.45) is 3.26. The molecule has 0 radical (unpaired) electrons. The number of halogens is 3. The third kappa shape index (κ3) is 5.09. The topological polar surface area (TPSA) is 74.0 Å². The van der Waals surface area contributed by atoms with E-state index in [9.17, 15) is 9.18 Å². The Morgan fingerprint density at radius 2 is 1.91 bits per heavy atom. The number of nitrogens with one attached hydrogen (secondary N) is 1. The van der Waals surface area contributed by atoms with Gasteiger partial charge in [-0.3, -0.25) is 9.48 Å². The molecule has 7 nitrogen and oxygen atoms in total. The average Bonchev–Trinajstić information content (AvgIpc) is 3.40. The summed E-state index contributed by atoms with van der Waals surface area (Å²) < 4.78 is 22.7. The van der Waals surface area contributed by atoms with Crippen LogP contribution in [0.5, 0.6) is 5.75 Å². The normalized spacial score (nSPS) is 10.9. The zero-order valence-electron chi connectivity index (χ0n) is 16.9. The highest BCUT2D eigenvalue weighted by molar-refractivity contribution is 6.31. The lowest BCUT2D eigenvalue weighted by Crippen LogP contribution is -2.15. The van der Waals surface area contributed by atoms with Gasteiger partial charge in [0.15, 0.2) is 18.2 Å². The van der Waals surface area contributed by atoms with E-state index in [2.05, 4.69) is 15.5 Å². The molecule has 0 aliphatic heterocycles. The number of carbonyl (C=O) groups is 1. The molecule has 1 N–H and O–H groups in total. The Morgan fingerprint density at radius 3 is 2.69 bits per heavy atom. The Kier molecular flexibility index (Phi) is 6.43. The molecule has 0 spiro atoms. The van der Waals surface area contributed by atoms with Gasteiger partial charge in [0.05, 0.1) is 6.54 Å². The van der Waals surface area contributed by atoms with Gasteiger partial charge >= 0.3 is 0 Å². The van der Waals surface area contributed by atoms with Gasteiger partial charge in [-0.1, -0.05) is 29.3 Å². The number of ether oxygens (including phenoxy) is 1. The van der Waals surface area contributed by atoms with Crippen LogP contribution in [-0.4, -0.2) is 25.5 Å². The van der Waals surface area contributed by atoms with Crippen molar-refractivity contribution in [3.63, 3.8) is 0 Å². The van der Waals surface area contributed by atoms with E-state index in [0.29, 0.717) is 27.2 Å². The SMILES string of the molecule is Cc1cc(Cl)ccc1OCn1ccc(C(=O)Nc2ccn(Cc3c(F)cccc3Cl)n2)n1. The maximum absolute atomic E-state index is 14.0. The monoisotopic (exact) mass is 473 g/mol. The zero-order valence-corrected chi connectivity index (χ0v) is 18.4. The summed E-state index contributed by atoms with van der Waals surface area (Å²) in [6, 6.07) is 13.0. The molecule has 0 saturated carbocycles. The van der Waals surface area contributed by atoms with Gasteiger partial charge in [-0.2, -0.15) is 10.2 Å². The summed E-state index contributed by atoms with van der Waals surface area (Å²) in [4.78, 5) is 12.5. The standard InChI is InChI=1S/C22H18Cl2FN5O2/c1-14-11-15(23)5-6-20(14)32-13-30-9-7-19(27-30)22(31)26-21-8-10-29(28-21)12-16-17(24)3-2-4-18(16)25/h2-11H,12-13H2,1H3,(H,26,28,31). The van der Waals surface area contributed by atoms with Crippen molar-refractivity contribution in [1.29, 1.82) is 0 Å². The number of hydrogen-bond acceptors (Lipinski definition) is 4. The number of aromatic nitrogens is 4. The van der Waals surface area contributed by atoms with Crippen LogP contribution in [0, 0.1) is 12.7 Å². The highest BCUT2D eigenvalue weighted by Gasteiger charge is 2.13. The molecule has 0 atom stereocenters. The predicted molar refractivity (Wildman–Crippen MR) is 120 cm³/mol. The minimum Gasteiger partial charge on any atom is -0.471 e. The van der Waals surface area contributed by atoms with Gasteiger partial charge < -0.3 is 10.1 Å². The summed E-state index contributed by atoms with van der Waals surface area (Å²) in [5.74, 6) is 0.141. The maximum Gasteiger partial charge on any atom is 0.277 e. The summed E-state index contributed by atoms with van der Waals surface area (Å²) >= 11 is 12.0. The van der Waals surface area contributed by atoms with Crippen LogP contribution < -0.4 is 10.1 Å². The van der Waals surface area contributed by atoms with Crippen molar-refractivity contribution in [3.8, 4) is 5.75 Å². The molecule has 32 heavy (non-hydrogen) atoms. The Bertz CT molecular complexity index is 1250. The van der Waals surface area contributed by atoms with Crippen molar-refractivity contribution in [2.75, 3.05) is 5.32 Å². The first kappa shape index (κ1) is 21.9. The number of rotatable bonds is 7. The quantitative estimate of drug-likeness (QED) is 0.401. The molecule has 0 unspecified atom stereocenters. The number of carbonyl (C=O) groups excluding carboxylic acids is 1. The van der Waals surface area contributed by atoms with Gasteiger partial charge in [0.1, 0.15) is 11.6 Å². The first-order valence-electron chi connectivity index (χ1n) is 9.59. The van der Waals surface area contributed by atoms with E-state index < -0.39 is 11.7 Å². The van der Waals surface area contributed by atoms with E-state index in [1.807, 2.05) is 6.92 Å². The fraction of sp³-hybridized carbons (Fsp3) is 0.136. The number of anilines is 1. The smallest absolute Gasteiger partial charge is 0.277 e. The van der Waals surface area contributed by atoms with E-state index in [-0.39, 0.29) is 19.0 Å². The minimum atomic E-state index is -0.430. The first-order valence-corrected chi connectivity index (χ1v) is 10.3. The average molecular weight is 474 g/mol. The third-order valence-corrected chi connectivity index (χ3v) is 5.22. The number of nitrogens with zero attached hydrogens (tertiary/aromatic N) is 4. The molecule has 1 amide bonds. The summed E-state index contributed by atoms with van der Waals surface area (Å²) in [6.45, 7) is 2.16. The van der Waals surface area contributed by atoms with Gasteiger partial charge in [-0.05, 0) is 48.9 Å². The molecule has 2 heterocycles. The lowest BCUT2D eigenvalue weighted by molar-refractivity contribution is 0.101. The molecule has 4 rings (SSSR count). The molecule has 10 heteroatoms. The van der Waals surface area contributed by atoms with Crippen LogP contribution in [0.15, 0.2) is 60.9 Å². The maximum atomic E-state index is 14.0. The lowest BCUT2D eigenvalue weighted by atomic mass is 10.2. The van der Waals surface area contributed by atoms with Gasteiger partial charge in [-0.15, -0.1) is 0 Å². The minimum absolute atomic E-state index is 0.133. The molecule has 0 bridgehead atoms. The van der Waals surface area contributed by atoms with Crippen molar-refractivity contribution in [1.82, 2.24) is 19.6 Å². The van der Waals surface area contributed by atoms with Crippen molar-refractivity contribution < 1.29 is 13.9 Å². The highest BCUT2D eigenvalue weighted by atomic mass is 35.5. The Hall–Kier alpha value is -3.36. The Morgan fingerprint density at radius 1 is 1.09 bits per heavy atom. The van der Waals surface area contributed by atoms with E-state index in [4.69, 9.17) is 27.9 Å². The van der Waals surface area contributed by atoms with Crippen molar-refractivity contribution in [2.24, 2.45) is 0 Å². The second-order valence-corrected chi connectivity index (χ2v) is 7.82. The predicted octanol–water partition coefficient (Wildman–Crippen LogP) is 5.17. The Balaban J connectivity index is 1.36. The molecule has 2 aromatic heterocycles. The fourth-order valence-corrected chi connectivity index (χ4v) is 3.46. The largest absolute Gasteiger partial charge is 0.471 e. The van der Waals surface area contributed by atoms with Gasteiger partial charge in [-0.25, -0.2) is 9.07 Å². The van der Waals surface area contributed by atoms with E-state index >= 15 is 0 Å². The molecular formula is C22H18Cl2FN5O2. The van der Waals surface area contributed by atoms with E-state index in [1.165, 1.54) is 21.5 Å². The number of aryl methyl sites for hydroxylation is 1. The van der Waals surface area contributed by atoms with Crippen LogP contribution in [0.25, 0.3) is 0 Å². The van der Waals surface area contributed by atoms with Crippen LogP contribution in [0.4, 0.5) is 10.2 Å². The van der Waals surface area contributed by atoms with Crippen LogP contribution in [-0.2, 0) is 13.3 Å². The molecule has 0 aliphatic rings. The number of benzene rings is 2. The van der Waals surface area contributed by atoms with Crippen LogP contribution in [0.2, 0.25) is 10.0 Å². The molecular weight excluding hydrogens is 456 g/mol. The van der Waals surface area contributed by atoms with Crippen molar-refractivity contribution >= 4 is 34.9 Å². The fourth-order valence-electron chi connectivity index (χ4n) is 3.01. The number of amides is 1. The number of hydrogen-bond donors (Lipinski definition) is 1. The van der Waals surface area contributed by atoms with Gasteiger partial charge in [0, 0.05) is 34.1 Å². The summed E-state index contributed by atoms with van der Waals surface area (Å²) in [7, 11) is 0. The Labute approximate surface area is 193 Å².